The summed E-state index contributed by atoms with van der Waals surface area (Å²) >= 11 is 18.9. The molecule has 0 fully saturated rings. The molecular formula is C32H21Cl3F3N4O5+. The van der Waals surface area contributed by atoms with Crippen molar-refractivity contribution >= 4 is 69.2 Å². The molecule has 240 valence electrons. The van der Waals surface area contributed by atoms with Gasteiger partial charge in [0, 0.05) is 50.3 Å². The monoisotopic (exact) mass is 703 g/mol. The molecule has 0 bridgehead atoms. The lowest BCUT2D eigenvalue weighted by atomic mass is 9.96. The Hall–Kier alpha value is -4.78. The highest BCUT2D eigenvalue weighted by atomic mass is 35.5. The van der Waals surface area contributed by atoms with Gasteiger partial charge in [-0.05, 0) is 55.0 Å². The van der Waals surface area contributed by atoms with Crippen molar-refractivity contribution in [3.05, 3.63) is 110 Å². The molecule has 0 spiro atoms. The van der Waals surface area contributed by atoms with Crippen molar-refractivity contribution in [1.82, 2.24) is 9.55 Å². The Labute approximate surface area is 279 Å². The molecule has 2 aromatic carbocycles. The van der Waals surface area contributed by atoms with Crippen LogP contribution in [-0.2, 0) is 16.1 Å². The second-order valence-electron chi connectivity index (χ2n) is 10.2. The summed E-state index contributed by atoms with van der Waals surface area (Å²) in [5.74, 6) is -3.80. The summed E-state index contributed by atoms with van der Waals surface area (Å²) in [5.41, 5.74) is 0.0668. The number of halogens is 6. The first kappa shape index (κ1) is 33.6. The quantitative estimate of drug-likeness (QED) is 0.149. The van der Waals surface area contributed by atoms with Gasteiger partial charge in [-0.15, -0.1) is 0 Å². The summed E-state index contributed by atoms with van der Waals surface area (Å²) in [6.07, 6.45) is -4.26. The maximum absolute atomic E-state index is 14.1. The van der Waals surface area contributed by atoms with Crippen LogP contribution in [0.3, 0.4) is 0 Å². The molecule has 0 aliphatic rings. The molecule has 9 nitrogen and oxygen atoms in total. The van der Waals surface area contributed by atoms with E-state index in [0.29, 0.717) is 31.5 Å². The lowest BCUT2D eigenvalue weighted by molar-refractivity contribution is -0.876. The third kappa shape index (κ3) is 6.99. The van der Waals surface area contributed by atoms with Crippen LogP contribution in [0.25, 0.3) is 33.4 Å². The Morgan fingerprint density at radius 1 is 0.936 bits per heavy atom. The number of carbonyl (C=O) groups is 3. The number of aromatic nitrogens is 3. The van der Waals surface area contributed by atoms with Crippen molar-refractivity contribution in [3.63, 3.8) is 0 Å². The first-order valence-electron chi connectivity index (χ1n) is 13.6. The number of Topliss-reactive ketones (excluding diaryl/α,β-unsaturated/α-hetero) is 1. The van der Waals surface area contributed by atoms with Gasteiger partial charge in [0.2, 0.25) is 12.1 Å². The number of carbonyl (C=O) groups excluding carboxylic acids is 3. The molecule has 3 aromatic heterocycles. The van der Waals surface area contributed by atoms with Crippen LogP contribution in [-0.4, -0.2) is 33.4 Å². The minimum atomic E-state index is -5.31. The topological polar surface area (TPSA) is 111 Å². The zero-order chi connectivity index (χ0) is 34.2. The van der Waals surface area contributed by atoms with E-state index in [0.717, 1.165) is 17.7 Å². The van der Waals surface area contributed by atoms with Crippen LogP contribution >= 0.6 is 34.8 Å². The summed E-state index contributed by atoms with van der Waals surface area (Å²) in [4.78, 5) is 60.5. The van der Waals surface area contributed by atoms with Gasteiger partial charge < -0.3 is 5.32 Å². The van der Waals surface area contributed by atoms with Gasteiger partial charge >= 0.3 is 12.1 Å². The lowest BCUT2D eigenvalue weighted by Gasteiger charge is -2.19. The van der Waals surface area contributed by atoms with E-state index in [1.807, 2.05) is 0 Å². The number of benzene rings is 2. The molecule has 47 heavy (non-hydrogen) atoms. The van der Waals surface area contributed by atoms with Gasteiger partial charge in [-0.25, -0.2) is 9.78 Å². The van der Waals surface area contributed by atoms with E-state index >= 15 is 0 Å². The average Bonchev–Trinajstić information content (AvgIpc) is 2.99. The summed E-state index contributed by atoms with van der Waals surface area (Å²) in [6, 6.07) is 17.1. The first-order chi connectivity index (χ1) is 22.1. The van der Waals surface area contributed by atoms with Crippen LogP contribution < -0.4 is 20.4 Å². The second-order valence-corrected chi connectivity index (χ2v) is 11.4. The molecule has 0 aliphatic heterocycles. The van der Waals surface area contributed by atoms with Crippen LogP contribution in [0, 0.1) is 0 Å². The van der Waals surface area contributed by atoms with E-state index in [4.69, 9.17) is 39.8 Å². The molecule has 0 saturated heterocycles. The number of fused-ring (bicyclic) bond motifs is 1. The number of nitrogens with zero attached hydrogens (tertiary/aromatic N) is 3. The van der Waals surface area contributed by atoms with Crippen LogP contribution in [0.2, 0.25) is 15.1 Å². The largest absolute Gasteiger partial charge is 0.498 e. The molecule has 0 aliphatic carbocycles. The fourth-order valence-corrected chi connectivity index (χ4v) is 5.48. The molecule has 3 heterocycles. The van der Waals surface area contributed by atoms with Gasteiger partial charge in [0.05, 0.1) is 16.4 Å². The van der Waals surface area contributed by atoms with Gasteiger partial charge in [-0.2, -0.15) is 18.0 Å². The predicted octanol–water partition coefficient (Wildman–Crippen LogP) is 6.71. The summed E-state index contributed by atoms with van der Waals surface area (Å²) in [6.45, 7) is 1.79. The van der Waals surface area contributed by atoms with Crippen molar-refractivity contribution in [3.8, 4) is 22.4 Å². The number of alkyl halides is 3. The smallest absolute Gasteiger partial charge is 0.325 e. The summed E-state index contributed by atoms with van der Waals surface area (Å²) in [5, 5.41) is 3.70. The SMILES string of the molecule is CC(=O)Nc1c(C(C)=O)c(=O)n(Cc2cccc[n+]2OC(=O)C(F)(F)F)c2nc(-c3ccc(Cl)cc3Cl)c(-c3ccc(Cl)cc3)cc12. The molecule has 0 radical (unpaired) electrons. The van der Waals surface area contributed by atoms with Gasteiger partial charge in [0.1, 0.15) is 17.8 Å². The number of hydrogen-bond donors (Lipinski definition) is 1. The molecule has 5 rings (SSSR count). The number of ketones is 1. The Kier molecular flexibility index (Phi) is 9.39. The minimum absolute atomic E-state index is 0.0833. The normalized spacial score (nSPS) is 11.4. The van der Waals surface area contributed by atoms with Gasteiger partial charge in [-0.3, -0.25) is 19.0 Å². The molecule has 0 saturated carbocycles. The van der Waals surface area contributed by atoms with Crippen LogP contribution in [0.4, 0.5) is 18.9 Å². The Bertz CT molecular complexity index is 2150. The van der Waals surface area contributed by atoms with E-state index < -0.39 is 41.5 Å². The number of rotatable bonds is 7. The van der Waals surface area contributed by atoms with E-state index in [1.54, 1.807) is 42.5 Å². The zero-order valence-corrected chi connectivity index (χ0v) is 26.6. The number of anilines is 1. The van der Waals surface area contributed by atoms with Crippen molar-refractivity contribution in [2.45, 2.75) is 26.6 Å². The first-order valence-corrected chi connectivity index (χ1v) is 14.7. The predicted molar refractivity (Wildman–Crippen MR) is 170 cm³/mol. The molecule has 15 heteroatoms. The Morgan fingerprint density at radius 3 is 2.23 bits per heavy atom. The van der Waals surface area contributed by atoms with E-state index in [-0.39, 0.29) is 33.1 Å². The van der Waals surface area contributed by atoms with Gasteiger partial charge in [0.25, 0.3) is 11.3 Å². The fourth-order valence-electron chi connectivity index (χ4n) is 4.86. The number of amides is 1. The molecule has 0 atom stereocenters. The van der Waals surface area contributed by atoms with Crippen LogP contribution in [0.1, 0.15) is 29.9 Å². The summed E-state index contributed by atoms with van der Waals surface area (Å²) < 4.78 is 40.8. The third-order valence-electron chi connectivity index (χ3n) is 6.87. The van der Waals surface area contributed by atoms with Crippen molar-refractivity contribution in [2.75, 3.05) is 5.32 Å². The fraction of sp³-hybridized carbons (Fsp3) is 0.125. The number of nitrogens with one attached hydrogen (secondary N) is 1. The van der Waals surface area contributed by atoms with E-state index in [2.05, 4.69) is 10.2 Å². The standard InChI is InChI=1S/C32H20Cl3F3N4O5/c1-16(43)26-28(39-17(2)44)24-14-23(18-6-8-19(33)9-7-18)27(22-11-10-20(34)13-25(22)35)40-29(24)41(30(26)45)15-21-5-3-4-12-42(21)47-31(46)32(36,37)38/h3-14H,15H2,1-2H3/p+1. The molecule has 1 N–H and O–H groups in total. The highest BCUT2D eigenvalue weighted by Crippen LogP contribution is 2.40. The molecule has 0 unspecified atom stereocenters. The van der Waals surface area contributed by atoms with Crippen LogP contribution in [0.15, 0.2) is 77.7 Å². The maximum atomic E-state index is 14.1. The van der Waals surface area contributed by atoms with E-state index in [9.17, 15) is 32.3 Å². The number of hydrogen-bond acceptors (Lipinski definition) is 6. The van der Waals surface area contributed by atoms with Gasteiger partial charge in [0.15, 0.2) is 5.78 Å². The van der Waals surface area contributed by atoms with Crippen molar-refractivity contribution in [2.24, 2.45) is 0 Å². The van der Waals surface area contributed by atoms with Gasteiger partial charge in [-0.1, -0.05) is 46.9 Å². The maximum Gasteiger partial charge on any atom is 0.498 e. The highest BCUT2D eigenvalue weighted by Gasteiger charge is 2.45. The molecular weight excluding hydrogens is 684 g/mol. The van der Waals surface area contributed by atoms with E-state index in [1.165, 1.54) is 31.2 Å². The van der Waals surface area contributed by atoms with Crippen LogP contribution in [0.5, 0.6) is 0 Å². The zero-order valence-electron chi connectivity index (χ0n) is 24.3. The van der Waals surface area contributed by atoms with Crippen molar-refractivity contribution in [1.29, 1.82) is 0 Å². The highest BCUT2D eigenvalue weighted by molar-refractivity contribution is 6.36. The minimum Gasteiger partial charge on any atom is -0.325 e. The molecule has 5 aromatic rings. The lowest BCUT2D eigenvalue weighted by Crippen LogP contribution is -2.53. The average molecular weight is 705 g/mol. The molecule has 1 amide bonds. The number of pyridine rings is 3. The third-order valence-corrected chi connectivity index (χ3v) is 7.67. The van der Waals surface area contributed by atoms with Crippen molar-refractivity contribution < 1.29 is 37.1 Å². The Morgan fingerprint density at radius 2 is 1.62 bits per heavy atom. The summed E-state index contributed by atoms with van der Waals surface area (Å²) in [7, 11) is 0. The second kappa shape index (κ2) is 13.1. The Balaban J connectivity index is 1.89.